The maximum absolute atomic E-state index is 11.5. The van der Waals surface area contributed by atoms with E-state index in [9.17, 15) is 4.79 Å². The number of aromatic amines is 1. The van der Waals surface area contributed by atoms with Crippen LogP contribution >= 0.6 is 15.9 Å². The molecule has 78 valence electrons. The van der Waals surface area contributed by atoms with Crippen LogP contribution in [0.25, 0.3) is 10.9 Å². The Labute approximate surface area is 95.2 Å². The van der Waals surface area contributed by atoms with Gasteiger partial charge in [0.15, 0.2) is 0 Å². The molecular weight excluding hydrogens is 258 g/mol. The first kappa shape index (κ1) is 10.2. The van der Waals surface area contributed by atoms with Crippen LogP contribution in [0.3, 0.4) is 0 Å². The lowest BCUT2D eigenvalue weighted by Gasteiger charge is -2.07. The summed E-state index contributed by atoms with van der Waals surface area (Å²) in [6, 6.07) is 5.66. The molecule has 0 aliphatic heterocycles. The van der Waals surface area contributed by atoms with Crippen molar-refractivity contribution in [3.63, 3.8) is 0 Å². The minimum atomic E-state index is -0.212. The monoisotopic (exact) mass is 267 g/mol. The predicted octanol–water partition coefficient (Wildman–Crippen LogP) is 2.28. The Hall–Kier alpha value is -1.36. The fourth-order valence-electron chi connectivity index (χ4n) is 1.31. The summed E-state index contributed by atoms with van der Waals surface area (Å²) in [7, 11) is 0. The Morgan fingerprint density at radius 2 is 2.40 bits per heavy atom. The van der Waals surface area contributed by atoms with Gasteiger partial charge in [-0.2, -0.15) is 5.10 Å². The zero-order valence-electron chi connectivity index (χ0n) is 8.12. The second kappa shape index (κ2) is 4.02. The number of benzene rings is 1. The average molecular weight is 268 g/mol. The van der Waals surface area contributed by atoms with Crippen molar-refractivity contribution >= 4 is 38.4 Å². The number of hydrogen-bond acceptors (Lipinski definition) is 2. The molecule has 0 aliphatic rings. The molecule has 2 N–H and O–H groups in total. The molecule has 0 radical (unpaired) electrons. The van der Waals surface area contributed by atoms with E-state index in [1.54, 1.807) is 13.1 Å². The molecule has 1 unspecified atom stereocenters. The van der Waals surface area contributed by atoms with Crippen molar-refractivity contribution in [3.05, 3.63) is 24.4 Å². The molecule has 5 heteroatoms. The van der Waals surface area contributed by atoms with Gasteiger partial charge in [-0.15, -0.1) is 0 Å². The van der Waals surface area contributed by atoms with Gasteiger partial charge < -0.3 is 5.32 Å². The van der Waals surface area contributed by atoms with E-state index in [1.165, 1.54) is 0 Å². The second-order valence-corrected chi connectivity index (χ2v) is 4.62. The molecular formula is C10H10BrN3O. The Morgan fingerprint density at radius 1 is 1.60 bits per heavy atom. The van der Waals surface area contributed by atoms with Gasteiger partial charge in [-0.1, -0.05) is 28.1 Å². The standard InChI is InChI=1S/C10H10BrN3O/c1-6(11)10(15)13-8-4-2-3-7-5-12-14-9(7)8/h2-6H,1H3,(H,12,14)(H,13,15). The highest BCUT2D eigenvalue weighted by molar-refractivity contribution is 9.10. The summed E-state index contributed by atoms with van der Waals surface area (Å²) in [5, 5.41) is 10.6. The van der Waals surface area contributed by atoms with Crippen LogP contribution in [-0.4, -0.2) is 20.9 Å². The predicted molar refractivity (Wildman–Crippen MR) is 63.1 cm³/mol. The molecule has 4 nitrogen and oxygen atoms in total. The zero-order chi connectivity index (χ0) is 10.8. The summed E-state index contributed by atoms with van der Waals surface area (Å²) < 4.78 is 0. The number of amides is 1. The van der Waals surface area contributed by atoms with E-state index in [0.717, 1.165) is 16.6 Å². The number of halogens is 1. The molecule has 0 spiro atoms. The molecule has 1 heterocycles. The number of nitrogens with one attached hydrogen (secondary N) is 2. The minimum Gasteiger partial charge on any atom is -0.323 e. The van der Waals surface area contributed by atoms with Crippen molar-refractivity contribution in [2.24, 2.45) is 0 Å². The van der Waals surface area contributed by atoms with E-state index in [-0.39, 0.29) is 10.7 Å². The summed E-state index contributed by atoms with van der Waals surface area (Å²) in [5.74, 6) is -0.0721. The van der Waals surface area contributed by atoms with E-state index in [4.69, 9.17) is 0 Å². The largest absolute Gasteiger partial charge is 0.323 e. The van der Waals surface area contributed by atoms with Gasteiger partial charge >= 0.3 is 0 Å². The number of H-pyrrole nitrogens is 1. The van der Waals surface area contributed by atoms with Crippen LogP contribution in [-0.2, 0) is 4.79 Å². The van der Waals surface area contributed by atoms with Crippen molar-refractivity contribution in [1.29, 1.82) is 0 Å². The highest BCUT2D eigenvalue weighted by Gasteiger charge is 2.10. The summed E-state index contributed by atoms with van der Waals surface area (Å²) in [5.41, 5.74) is 1.60. The number of fused-ring (bicyclic) bond motifs is 1. The molecule has 0 fully saturated rings. The van der Waals surface area contributed by atoms with Gasteiger partial charge in [0.25, 0.3) is 0 Å². The van der Waals surface area contributed by atoms with Gasteiger partial charge in [0.05, 0.1) is 22.2 Å². The van der Waals surface area contributed by atoms with E-state index in [1.807, 2.05) is 18.2 Å². The van der Waals surface area contributed by atoms with Crippen molar-refractivity contribution < 1.29 is 4.79 Å². The summed E-state index contributed by atoms with van der Waals surface area (Å²) in [6.07, 6.45) is 1.72. The fourth-order valence-corrected chi connectivity index (χ4v) is 1.42. The quantitative estimate of drug-likeness (QED) is 0.821. The molecule has 0 aliphatic carbocycles. The molecule has 2 aromatic rings. The first-order chi connectivity index (χ1) is 7.18. The van der Waals surface area contributed by atoms with Gasteiger partial charge in [0.2, 0.25) is 5.91 Å². The first-order valence-corrected chi connectivity index (χ1v) is 5.47. The van der Waals surface area contributed by atoms with Gasteiger partial charge in [0, 0.05) is 5.39 Å². The molecule has 1 aromatic carbocycles. The number of anilines is 1. The lowest BCUT2D eigenvalue weighted by Crippen LogP contribution is -2.19. The Morgan fingerprint density at radius 3 is 3.13 bits per heavy atom. The van der Waals surface area contributed by atoms with Crippen molar-refractivity contribution in [3.8, 4) is 0 Å². The third kappa shape index (κ3) is 2.02. The number of carbonyl (C=O) groups is 1. The molecule has 1 amide bonds. The molecule has 0 bridgehead atoms. The maximum atomic E-state index is 11.5. The third-order valence-electron chi connectivity index (χ3n) is 2.10. The topological polar surface area (TPSA) is 57.8 Å². The number of rotatable bonds is 2. The number of nitrogens with zero attached hydrogens (tertiary/aromatic N) is 1. The zero-order valence-corrected chi connectivity index (χ0v) is 9.71. The number of hydrogen-bond donors (Lipinski definition) is 2. The first-order valence-electron chi connectivity index (χ1n) is 4.55. The van der Waals surface area contributed by atoms with Crippen molar-refractivity contribution in [1.82, 2.24) is 10.2 Å². The lowest BCUT2D eigenvalue weighted by atomic mass is 10.2. The number of alkyl halides is 1. The van der Waals surface area contributed by atoms with E-state index >= 15 is 0 Å². The maximum Gasteiger partial charge on any atom is 0.237 e. The number of para-hydroxylation sites is 1. The average Bonchev–Trinajstić information content (AvgIpc) is 2.66. The van der Waals surface area contributed by atoms with Crippen LogP contribution in [0, 0.1) is 0 Å². The molecule has 2 rings (SSSR count). The van der Waals surface area contributed by atoms with E-state index in [2.05, 4.69) is 31.4 Å². The van der Waals surface area contributed by atoms with E-state index < -0.39 is 0 Å². The van der Waals surface area contributed by atoms with Gasteiger partial charge in [-0.25, -0.2) is 0 Å². The van der Waals surface area contributed by atoms with Crippen LogP contribution < -0.4 is 5.32 Å². The smallest absolute Gasteiger partial charge is 0.237 e. The number of aromatic nitrogens is 2. The van der Waals surface area contributed by atoms with Crippen LogP contribution in [0.15, 0.2) is 24.4 Å². The summed E-state index contributed by atoms with van der Waals surface area (Å²) in [4.78, 5) is 11.3. The van der Waals surface area contributed by atoms with Crippen molar-refractivity contribution in [2.45, 2.75) is 11.8 Å². The van der Waals surface area contributed by atoms with Gasteiger partial charge in [-0.3, -0.25) is 9.89 Å². The highest BCUT2D eigenvalue weighted by Crippen LogP contribution is 2.20. The summed E-state index contributed by atoms with van der Waals surface area (Å²) in [6.45, 7) is 1.78. The Balaban J connectivity index is 2.35. The number of carbonyl (C=O) groups excluding carboxylic acids is 1. The molecule has 0 saturated carbocycles. The van der Waals surface area contributed by atoms with Gasteiger partial charge in [-0.05, 0) is 13.0 Å². The highest BCUT2D eigenvalue weighted by atomic mass is 79.9. The van der Waals surface area contributed by atoms with Crippen LogP contribution in [0.1, 0.15) is 6.92 Å². The van der Waals surface area contributed by atoms with Gasteiger partial charge in [0.1, 0.15) is 0 Å². The fraction of sp³-hybridized carbons (Fsp3) is 0.200. The molecule has 1 atom stereocenters. The molecule has 0 saturated heterocycles. The Kier molecular flexibility index (Phi) is 2.73. The van der Waals surface area contributed by atoms with Crippen LogP contribution in [0.4, 0.5) is 5.69 Å². The van der Waals surface area contributed by atoms with Crippen molar-refractivity contribution in [2.75, 3.05) is 5.32 Å². The van der Waals surface area contributed by atoms with Crippen LogP contribution in [0.2, 0.25) is 0 Å². The SMILES string of the molecule is CC(Br)C(=O)Nc1cccc2cn[nH]c12. The van der Waals surface area contributed by atoms with Crippen LogP contribution in [0.5, 0.6) is 0 Å². The third-order valence-corrected chi connectivity index (χ3v) is 2.51. The lowest BCUT2D eigenvalue weighted by molar-refractivity contribution is -0.115. The molecule has 15 heavy (non-hydrogen) atoms. The summed E-state index contributed by atoms with van der Waals surface area (Å²) >= 11 is 3.21. The molecule has 1 aromatic heterocycles. The van der Waals surface area contributed by atoms with E-state index in [0.29, 0.717) is 0 Å². The Bertz CT molecular complexity index is 492. The minimum absolute atomic E-state index is 0.0721. The second-order valence-electron chi connectivity index (χ2n) is 3.25. The normalized spacial score (nSPS) is 12.7.